The lowest BCUT2D eigenvalue weighted by Crippen LogP contribution is -2.30. The molecule has 1 amide bonds. The molecule has 5 nitrogen and oxygen atoms in total. The minimum atomic E-state index is -0.129. The van der Waals surface area contributed by atoms with Crippen LogP contribution in [0.5, 0.6) is 0 Å². The van der Waals surface area contributed by atoms with Crippen LogP contribution in [0.4, 0.5) is 0 Å². The summed E-state index contributed by atoms with van der Waals surface area (Å²) >= 11 is 0. The van der Waals surface area contributed by atoms with Gasteiger partial charge in [-0.15, -0.1) is 0 Å². The smallest absolute Gasteiger partial charge is 0.246 e. The molecule has 1 aliphatic heterocycles. The van der Waals surface area contributed by atoms with Gasteiger partial charge in [0.15, 0.2) is 0 Å². The molecule has 2 heterocycles. The molecule has 5 heteroatoms. The number of carbonyl (C=O) groups is 1. The van der Waals surface area contributed by atoms with Crippen molar-refractivity contribution in [3.63, 3.8) is 0 Å². The summed E-state index contributed by atoms with van der Waals surface area (Å²) in [5.74, 6) is -0.129. The summed E-state index contributed by atoms with van der Waals surface area (Å²) in [6.07, 6.45) is 3.45. The molecule has 122 valence electrons. The second kappa shape index (κ2) is 8.04. The molecule has 1 fully saturated rings. The van der Waals surface area contributed by atoms with Gasteiger partial charge in [-0.1, -0.05) is 24.3 Å². The van der Waals surface area contributed by atoms with Gasteiger partial charge < -0.3 is 14.8 Å². The number of ether oxygens (including phenoxy) is 2. The fraction of sp³-hybridized carbons (Fsp3) is 0.444. The first kappa shape index (κ1) is 15.9. The molecule has 1 aliphatic rings. The summed E-state index contributed by atoms with van der Waals surface area (Å²) in [6, 6.07) is 11.9. The van der Waals surface area contributed by atoms with Gasteiger partial charge in [-0.3, -0.25) is 9.78 Å². The van der Waals surface area contributed by atoms with Crippen LogP contribution in [0.3, 0.4) is 0 Å². The number of hydrogen-bond donors (Lipinski definition) is 1. The number of rotatable bonds is 6. The lowest BCUT2D eigenvalue weighted by Gasteiger charge is -2.22. The third-order valence-corrected chi connectivity index (χ3v) is 3.93. The number of nitrogens with one attached hydrogen (secondary N) is 1. The second-order valence-corrected chi connectivity index (χ2v) is 5.78. The largest absolute Gasteiger partial charge is 0.376 e. The molecular weight excluding hydrogens is 292 g/mol. The van der Waals surface area contributed by atoms with Gasteiger partial charge in [0.05, 0.1) is 30.5 Å². The van der Waals surface area contributed by atoms with Crippen molar-refractivity contribution in [2.75, 3.05) is 19.8 Å². The molecule has 0 aliphatic carbocycles. The van der Waals surface area contributed by atoms with E-state index in [2.05, 4.69) is 10.3 Å². The molecule has 1 N–H and O–H groups in total. The Morgan fingerprint density at radius 1 is 1.26 bits per heavy atom. The number of benzene rings is 1. The van der Waals surface area contributed by atoms with Gasteiger partial charge in [0.25, 0.3) is 0 Å². The zero-order chi connectivity index (χ0) is 15.9. The Morgan fingerprint density at radius 3 is 3.04 bits per heavy atom. The standard InChI is InChI=1S/C18H22N2O3/c21-18(13-22-12-16-6-3-4-10-23-16)19-11-15-9-8-14-5-1-2-7-17(14)20-15/h1-2,5,7-9,16H,3-4,6,10-13H2,(H,19,21)/t16-/m1/s1. The van der Waals surface area contributed by atoms with Gasteiger partial charge >= 0.3 is 0 Å². The van der Waals surface area contributed by atoms with E-state index in [9.17, 15) is 4.79 Å². The molecule has 23 heavy (non-hydrogen) atoms. The number of nitrogens with zero attached hydrogens (tertiary/aromatic N) is 1. The Bertz CT molecular complexity index is 654. The molecule has 1 aromatic heterocycles. The number of amides is 1. The van der Waals surface area contributed by atoms with E-state index in [1.807, 2.05) is 36.4 Å². The predicted molar refractivity (Wildman–Crippen MR) is 88.0 cm³/mol. The quantitative estimate of drug-likeness (QED) is 0.889. The fourth-order valence-corrected chi connectivity index (χ4v) is 2.67. The van der Waals surface area contributed by atoms with Crippen molar-refractivity contribution in [1.82, 2.24) is 10.3 Å². The molecule has 0 unspecified atom stereocenters. The normalized spacial score (nSPS) is 18.0. The van der Waals surface area contributed by atoms with Crippen LogP contribution in [0, 0.1) is 0 Å². The Hall–Kier alpha value is -1.98. The second-order valence-electron chi connectivity index (χ2n) is 5.78. The van der Waals surface area contributed by atoms with Crippen LogP contribution in [0.1, 0.15) is 25.0 Å². The SMILES string of the molecule is O=C(COC[C@H]1CCCCO1)NCc1ccc2ccccc2n1. The van der Waals surface area contributed by atoms with Gasteiger partial charge in [-0.05, 0) is 31.4 Å². The van der Waals surface area contributed by atoms with E-state index in [1.54, 1.807) is 0 Å². The molecule has 0 bridgehead atoms. The number of para-hydroxylation sites is 1. The predicted octanol–water partition coefficient (Wildman–Crippen LogP) is 2.44. The number of hydrogen-bond acceptors (Lipinski definition) is 4. The van der Waals surface area contributed by atoms with E-state index in [-0.39, 0.29) is 18.6 Å². The molecule has 0 saturated carbocycles. The van der Waals surface area contributed by atoms with Gasteiger partial charge in [0, 0.05) is 12.0 Å². The Labute approximate surface area is 136 Å². The molecule has 1 saturated heterocycles. The van der Waals surface area contributed by atoms with Gasteiger partial charge in [0.1, 0.15) is 6.61 Å². The molecule has 3 rings (SSSR count). The zero-order valence-corrected chi connectivity index (χ0v) is 13.2. The van der Waals surface area contributed by atoms with E-state index in [1.165, 1.54) is 6.42 Å². The van der Waals surface area contributed by atoms with Crippen molar-refractivity contribution >= 4 is 16.8 Å². The van der Waals surface area contributed by atoms with Gasteiger partial charge in [-0.2, -0.15) is 0 Å². The van der Waals surface area contributed by atoms with Gasteiger partial charge in [0.2, 0.25) is 5.91 Å². The maximum absolute atomic E-state index is 11.8. The summed E-state index contributed by atoms with van der Waals surface area (Å²) in [6.45, 7) is 1.76. The zero-order valence-electron chi connectivity index (χ0n) is 13.2. The summed E-state index contributed by atoms with van der Waals surface area (Å²) in [5, 5.41) is 3.93. The van der Waals surface area contributed by atoms with Crippen LogP contribution < -0.4 is 5.32 Å². The number of pyridine rings is 1. The topological polar surface area (TPSA) is 60.5 Å². The van der Waals surface area contributed by atoms with Crippen LogP contribution >= 0.6 is 0 Å². The Balaban J connectivity index is 1.40. The lowest BCUT2D eigenvalue weighted by molar-refractivity contribution is -0.128. The van der Waals surface area contributed by atoms with Crippen molar-refractivity contribution in [2.45, 2.75) is 31.9 Å². The minimum Gasteiger partial charge on any atom is -0.376 e. The number of aromatic nitrogens is 1. The molecule has 0 radical (unpaired) electrons. The Kier molecular flexibility index (Phi) is 5.56. The van der Waals surface area contributed by atoms with Crippen LogP contribution in [0.25, 0.3) is 10.9 Å². The molecule has 1 atom stereocenters. The summed E-state index contributed by atoms with van der Waals surface area (Å²) in [5.41, 5.74) is 1.78. The first-order valence-corrected chi connectivity index (χ1v) is 8.12. The van der Waals surface area contributed by atoms with Gasteiger partial charge in [-0.25, -0.2) is 0 Å². The van der Waals surface area contributed by atoms with E-state index in [0.29, 0.717) is 13.2 Å². The highest BCUT2D eigenvalue weighted by molar-refractivity contribution is 5.79. The number of carbonyl (C=O) groups excluding carboxylic acids is 1. The highest BCUT2D eigenvalue weighted by Crippen LogP contribution is 2.13. The van der Waals surface area contributed by atoms with E-state index in [4.69, 9.17) is 9.47 Å². The van der Waals surface area contributed by atoms with Crippen molar-refractivity contribution in [1.29, 1.82) is 0 Å². The molecule has 0 spiro atoms. The third-order valence-electron chi connectivity index (χ3n) is 3.93. The summed E-state index contributed by atoms with van der Waals surface area (Å²) < 4.78 is 11.0. The molecule has 1 aromatic carbocycles. The van der Waals surface area contributed by atoms with Crippen LogP contribution in [0.15, 0.2) is 36.4 Å². The van der Waals surface area contributed by atoms with Crippen LogP contribution in [-0.4, -0.2) is 36.8 Å². The van der Waals surface area contributed by atoms with E-state index in [0.717, 1.165) is 36.0 Å². The summed E-state index contributed by atoms with van der Waals surface area (Å²) in [4.78, 5) is 16.3. The van der Waals surface area contributed by atoms with Crippen LogP contribution in [0.2, 0.25) is 0 Å². The van der Waals surface area contributed by atoms with E-state index >= 15 is 0 Å². The highest BCUT2D eigenvalue weighted by atomic mass is 16.5. The van der Waals surface area contributed by atoms with Crippen molar-refractivity contribution in [3.8, 4) is 0 Å². The first-order chi connectivity index (χ1) is 11.3. The fourth-order valence-electron chi connectivity index (χ4n) is 2.67. The highest BCUT2D eigenvalue weighted by Gasteiger charge is 2.14. The minimum absolute atomic E-state index is 0.0629. The van der Waals surface area contributed by atoms with Crippen molar-refractivity contribution in [2.24, 2.45) is 0 Å². The monoisotopic (exact) mass is 314 g/mol. The lowest BCUT2D eigenvalue weighted by atomic mass is 10.1. The van der Waals surface area contributed by atoms with Crippen molar-refractivity contribution < 1.29 is 14.3 Å². The Morgan fingerprint density at radius 2 is 2.17 bits per heavy atom. The summed E-state index contributed by atoms with van der Waals surface area (Å²) in [7, 11) is 0. The van der Waals surface area contributed by atoms with Crippen LogP contribution in [-0.2, 0) is 20.8 Å². The maximum Gasteiger partial charge on any atom is 0.246 e. The molecule has 2 aromatic rings. The average molecular weight is 314 g/mol. The first-order valence-electron chi connectivity index (χ1n) is 8.12. The molecular formula is C18H22N2O3. The third kappa shape index (κ3) is 4.74. The van der Waals surface area contributed by atoms with Crippen molar-refractivity contribution in [3.05, 3.63) is 42.1 Å². The average Bonchev–Trinajstić information content (AvgIpc) is 2.61. The van der Waals surface area contributed by atoms with E-state index < -0.39 is 0 Å². The number of fused-ring (bicyclic) bond motifs is 1. The maximum atomic E-state index is 11.8.